The highest BCUT2D eigenvalue weighted by molar-refractivity contribution is 6.69. The topological polar surface area (TPSA) is 55.8 Å². The third-order valence-corrected chi connectivity index (χ3v) is 5.01. The minimum absolute atomic E-state index is 0.0276. The number of cyclic esters (lactones) is 1. The Labute approximate surface area is 161 Å². The van der Waals surface area contributed by atoms with Crippen molar-refractivity contribution in [3.63, 3.8) is 0 Å². The molecule has 2 amide bonds. The molecule has 0 bridgehead atoms. The second-order valence-corrected chi connectivity index (χ2v) is 12.1. The van der Waals surface area contributed by atoms with Gasteiger partial charge >= 0.3 is 6.09 Å². The highest BCUT2D eigenvalue weighted by Crippen LogP contribution is 2.26. The molecule has 142 valence electrons. The van der Waals surface area contributed by atoms with Gasteiger partial charge in [-0.25, -0.2) is 9.69 Å². The summed E-state index contributed by atoms with van der Waals surface area (Å²) >= 11 is 0. The summed E-state index contributed by atoms with van der Waals surface area (Å²) in [5, 5.41) is 0. The van der Waals surface area contributed by atoms with Crippen LogP contribution in [0.5, 0.6) is 0 Å². The van der Waals surface area contributed by atoms with E-state index >= 15 is 0 Å². The van der Waals surface area contributed by atoms with Crippen LogP contribution in [0.3, 0.4) is 0 Å². The molecule has 1 aliphatic rings. The van der Waals surface area contributed by atoms with Crippen LogP contribution < -0.4 is 0 Å². The lowest BCUT2D eigenvalue weighted by atomic mass is 9.96. The summed E-state index contributed by atoms with van der Waals surface area (Å²) < 4.78 is 35.1. The Morgan fingerprint density at radius 2 is 2.08 bits per heavy atom. The number of imide groups is 1. The van der Waals surface area contributed by atoms with Crippen molar-refractivity contribution >= 4 is 20.3 Å². The van der Waals surface area contributed by atoms with Crippen molar-refractivity contribution in [3.05, 3.63) is 48.0 Å². The molecular weight excluding hydrogens is 346 g/mol. The molecule has 0 aliphatic carbocycles. The van der Waals surface area contributed by atoms with Crippen LogP contribution in [-0.4, -0.2) is 44.0 Å². The van der Waals surface area contributed by atoms with E-state index in [1.807, 2.05) is 50.0 Å². The van der Waals surface area contributed by atoms with Crippen molar-refractivity contribution in [1.82, 2.24) is 4.90 Å². The molecule has 1 saturated heterocycles. The van der Waals surface area contributed by atoms with Gasteiger partial charge < -0.3 is 9.16 Å². The predicted molar refractivity (Wildman–Crippen MR) is 104 cm³/mol. The fourth-order valence-corrected chi connectivity index (χ4v) is 3.98. The van der Waals surface area contributed by atoms with E-state index in [0.29, 0.717) is 12.0 Å². The van der Waals surface area contributed by atoms with Gasteiger partial charge in [-0.1, -0.05) is 49.3 Å². The van der Waals surface area contributed by atoms with Crippen molar-refractivity contribution in [2.75, 3.05) is 6.61 Å². The molecule has 1 aliphatic heterocycles. The summed E-state index contributed by atoms with van der Waals surface area (Å²) in [5.74, 6) is -2.34. The van der Waals surface area contributed by atoms with Crippen LogP contribution in [0.1, 0.15) is 23.5 Å². The maximum atomic E-state index is 13.4. The zero-order valence-corrected chi connectivity index (χ0v) is 16.8. The number of amides is 2. The van der Waals surface area contributed by atoms with Gasteiger partial charge in [-0.2, -0.15) is 0 Å². The molecule has 5 nitrogen and oxygen atoms in total. The van der Waals surface area contributed by atoms with Gasteiger partial charge in [-0.15, -0.1) is 0 Å². The van der Waals surface area contributed by atoms with Crippen molar-refractivity contribution in [1.29, 1.82) is 0 Å². The Kier molecular flexibility index (Phi) is 5.12. The number of carbonyl (C=O) groups is 2. The fraction of sp³-hybridized carbons (Fsp3) is 0.500. The van der Waals surface area contributed by atoms with Crippen LogP contribution in [-0.2, 0) is 20.4 Å². The first kappa shape index (κ1) is 16.3. The molecule has 0 saturated carbocycles. The maximum absolute atomic E-state index is 13.4. The van der Waals surface area contributed by atoms with Crippen LogP contribution in [0, 0.1) is 5.92 Å². The normalized spacial score (nSPS) is 22.0. The van der Waals surface area contributed by atoms with E-state index in [2.05, 4.69) is 6.58 Å². The SMILES string of the molecule is [2H]C([2H])([2H])[C@H](C(=O)N1C(=O)OC[C@H]1Cc1ccccc1)[C@@H](O[Si](C)(C)C)C(=C)C. The van der Waals surface area contributed by atoms with E-state index in [-0.39, 0.29) is 6.61 Å². The molecule has 0 N–H and O–H groups in total. The summed E-state index contributed by atoms with van der Waals surface area (Å²) in [6, 6.07) is 8.81. The first-order chi connectivity index (χ1) is 13.3. The Morgan fingerprint density at radius 1 is 1.42 bits per heavy atom. The maximum Gasteiger partial charge on any atom is 0.416 e. The smallest absolute Gasteiger partial charge is 0.416 e. The van der Waals surface area contributed by atoms with Crippen LogP contribution in [0.15, 0.2) is 42.5 Å². The minimum Gasteiger partial charge on any atom is -0.447 e. The first-order valence-corrected chi connectivity index (χ1v) is 12.1. The summed E-state index contributed by atoms with van der Waals surface area (Å²) in [6.45, 7) is 8.58. The number of hydrogen-bond donors (Lipinski definition) is 0. The average Bonchev–Trinajstić information content (AvgIpc) is 2.93. The lowest BCUT2D eigenvalue weighted by Gasteiger charge is -2.32. The Morgan fingerprint density at radius 3 is 2.62 bits per heavy atom. The number of benzene rings is 1. The van der Waals surface area contributed by atoms with Crippen molar-refractivity contribution in [3.8, 4) is 0 Å². The Bertz CT molecular complexity index is 761. The largest absolute Gasteiger partial charge is 0.447 e. The van der Waals surface area contributed by atoms with Crippen LogP contribution in [0.4, 0.5) is 4.79 Å². The highest BCUT2D eigenvalue weighted by Gasteiger charge is 2.42. The van der Waals surface area contributed by atoms with Gasteiger partial charge in [0.2, 0.25) is 5.91 Å². The van der Waals surface area contributed by atoms with Crippen molar-refractivity contribution < 1.29 is 22.9 Å². The minimum atomic E-state index is -2.67. The molecule has 3 atom stereocenters. The third kappa shape index (κ3) is 5.05. The molecule has 1 aromatic rings. The quantitative estimate of drug-likeness (QED) is 0.531. The van der Waals surface area contributed by atoms with Gasteiger partial charge in [0.15, 0.2) is 8.32 Å². The van der Waals surface area contributed by atoms with Crippen molar-refractivity contribution in [2.45, 2.75) is 52.0 Å². The number of ether oxygens (including phenoxy) is 1. The lowest BCUT2D eigenvalue weighted by Crippen LogP contribution is -2.48. The number of nitrogens with zero attached hydrogens (tertiary/aromatic N) is 1. The summed E-state index contributed by atoms with van der Waals surface area (Å²) in [7, 11) is -2.20. The van der Waals surface area contributed by atoms with Gasteiger partial charge in [-0.3, -0.25) is 4.79 Å². The summed E-state index contributed by atoms with van der Waals surface area (Å²) in [6.07, 6.45) is -1.44. The van der Waals surface area contributed by atoms with Gasteiger partial charge in [0.25, 0.3) is 0 Å². The van der Waals surface area contributed by atoms with Gasteiger partial charge in [0, 0.05) is 4.11 Å². The number of carbonyl (C=O) groups excluding carboxylic acids is 2. The van der Waals surface area contributed by atoms with E-state index in [1.165, 1.54) is 0 Å². The fourth-order valence-electron chi connectivity index (χ4n) is 2.88. The monoisotopic (exact) mass is 378 g/mol. The summed E-state index contributed by atoms with van der Waals surface area (Å²) in [5.41, 5.74) is 1.36. The highest BCUT2D eigenvalue weighted by atomic mass is 28.4. The zero-order valence-electron chi connectivity index (χ0n) is 18.8. The molecule has 1 heterocycles. The van der Waals surface area contributed by atoms with Gasteiger partial charge in [-0.05, 0) is 38.5 Å². The van der Waals surface area contributed by atoms with E-state index in [4.69, 9.17) is 13.3 Å². The number of hydrogen-bond acceptors (Lipinski definition) is 4. The molecular formula is C20H29NO4Si. The molecule has 2 rings (SSSR count). The number of rotatable bonds is 7. The van der Waals surface area contributed by atoms with E-state index < -0.39 is 45.2 Å². The second-order valence-electron chi connectivity index (χ2n) is 7.60. The first-order valence-electron chi connectivity index (χ1n) is 10.2. The molecule has 0 aromatic heterocycles. The summed E-state index contributed by atoms with van der Waals surface area (Å²) in [4.78, 5) is 26.7. The Hall–Kier alpha value is -1.92. The average molecular weight is 379 g/mol. The Balaban J connectivity index is 2.37. The zero-order chi connectivity index (χ0) is 22.0. The standard InChI is InChI=1S/C20H29NO4Si/c1-14(2)18(25-26(4,5)6)15(3)19(22)21-17(13-24-20(21)23)12-16-10-8-7-9-11-16/h7-11,15,17-18H,1,12-13H2,2-6H3/t15-,17+,18-/m0/s1/i3D3. The van der Waals surface area contributed by atoms with Gasteiger partial charge in [0.1, 0.15) is 6.61 Å². The molecule has 26 heavy (non-hydrogen) atoms. The second kappa shape index (κ2) is 8.18. The van der Waals surface area contributed by atoms with Crippen LogP contribution >= 0.6 is 0 Å². The molecule has 0 radical (unpaired) electrons. The molecule has 0 spiro atoms. The van der Waals surface area contributed by atoms with E-state index in [1.54, 1.807) is 6.92 Å². The van der Waals surface area contributed by atoms with E-state index in [0.717, 1.165) is 10.5 Å². The predicted octanol–water partition coefficient (Wildman–Crippen LogP) is 4.01. The van der Waals surface area contributed by atoms with Crippen LogP contribution in [0.2, 0.25) is 19.6 Å². The molecule has 0 unspecified atom stereocenters. The van der Waals surface area contributed by atoms with Crippen molar-refractivity contribution in [2.24, 2.45) is 5.92 Å². The van der Waals surface area contributed by atoms with E-state index in [9.17, 15) is 9.59 Å². The third-order valence-electron chi connectivity index (χ3n) is 4.05. The molecule has 6 heteroatoms. The molecule has 1 fully saturated rings. The van der Waals surface area contributed by atoms with Gasteiger partial charge in [0.05, 0.1) is 18.1 Å². The van der Waals surface area contributed by atoms with Crippen LogP contribution in [0.25, 0.3) is 0 Å². The lowest BCUT2D eigenvalue weighted by molar-refractivity contribution is -0.135. The molecule has 1 aromatic carbocycles.